The number of aromatic nitrogens is 1. The third-order valence-corrected chi connectivity index (χ3v) is 4.15. The Morgan fingerprint density at radius 3 is 2.78 bits per heavy atom. The average Bonchev–Trinajstić information content (AvgIpc) is 3.08. The fraction of sp³-hybridized carbons (Fsp3) is 0.267. The lowest BCUT2D eigenvalue weighted by Crippen LogP contribution is -2.38. The summed E-state index contributed by atoms with van der Waals surface area (Å²) < 4.78 is 19.3. The fourth-order valence-electron chi connectivity index (χ4n) is 2.45. The Kier molecular flexibility index (Phi) is 4.26. The maximum absolute atomic E-state index is 12.3. The summed E-state index contributed by atoms with van der Waals surface area (Å²) in [4.78, 5) is 25.9. The average molecular weight is 334 g/mol. The Morgan fingerprint density at radius 2 is 2.04 bits per heavy atom. The van der Waals surface area contributed by atoms with Gasteiger partial charge in [-0.2, -0.15) is 4.37 Å². The number of esters is 2. The van der Waals surface area contributed by atoms with E-state index in [0.29, 0.717) is 0 Å². The van der Waals surface area contributed by atoms with Gasteiger partial charge in [-0.1, -0.05) is 6.07 Å². The first-order valence-electron chi connectivity index (χ1n) is 6.75. The van der Waals surface area contributed by atoms with Gasteiger partial charge in [0.2, 0.25) is 0 Å². The van der Waals surface area contributed by atoms with Crippen molar-refractivity contribution >= 4 is 40.1 Å². The van der Waals surface area contributed by atoms with Gasteiger partial charge in [-0.25, -0.2) is 9.59 Å². The molecule has 1 aliphatic heterocycles. The zero-order valence-electron chi connectivity index (χ0n) is 12.6. The van der Waals surface area contributed by atoms with Gasteiger partial charge >= 0.3 is 11.9 Å². The molecule has 2 aromatic rings. The van der Waals surface area contributed by atoms with Crippen molar-refractivity contribution in [3.05, 3.63) is 34.8 Å². The highest BCUT2D eigenvalue weighted by molar-refractivity contribution is 7.04. The molecule has 0 aliphatic carbocycles. The van der Waals surface area contributed by atoms with Crippen molar-refractivity contribution in [2.45, 2.75) is 0 Å². The molecular formula is C15H14N2O5S. The molecular weight excluding hydrogens is 320 g/mol. The van der Waals surface area contributed by atoms with Gasteiger partial charge in [-0.05, 0) is 23.7 Å². The number of rotatable bonds is 3. The monoisotopic (exact) mass is 334 g/mol. The summed E-state index contributed by atoms with van der Waals surface area (Å²) in [6.07, 6.45) is 0. The summed E-state index contributed by atoms with van der Waals surface area (Å²) in [6, 6.07) is 5.55. The van der Waals surface area contributed by atoms with Gasteiger partial charge in [0.25, 0.3) is 0 Å². The minimum absolute atomic E-state index is 0.00846. The van der Waals surface area contributed by atoms with Crippen LogP contribution in [0, 0.1) is 0 Å². The van der Waals surface area contributed by atoms with Crippen molar-refractivity contribution in [1.82, 2.24) is 4.37 Å². The van der Waals surface area contributed by atoms with Crippen LogP contribution in [-0.4, -0.2) is 43.9 Å². The van der Waals surface area contributed by atoms with Crippen molar-refractivity contribution in [2.24, 2.45) is 0 Å². The van der Waals surface area contributed by atoms with Gasteiger partial charge in [-0.3, -0.25) is 0 Å². The molecule has 0 N–H and O–H groups in total. The molecule has 0 saturated carbocycles. The highest BCUT2D eigenvalue weighted by Gasteiger charge is 2.33. The normalized spacial score (nSPS) is 15.0. The highest BCUT2D eigenvalue weighted by atomic mass is 32.1. The first kappa shape index (κ1) is 15.4. The Balaban J connectivity index is 2.18. The van der Waals surface area contributed by atoms with Gasteiger partial charge in [0.05, 0.1) is 37.6 Å². The number of anilines is 1. The van der Waals surface area contributed by atoms with Crippen molar-refractivity contribution in [2.75, 3.05) is 32.5 Å². The lowest BCUT2D eigenvalue weighted by atomic mass is 10.1. The number of fused-ring (bicyclic) bond motifs is 1. The predicted octanol–water partition coefficient (Wildman–Crippen LogP) is 1.69. The van der Waals surface area contributed by atoms with E-state index in [-0.39, 0.29) is 24.6 Å². The number of methoxy groups -OCH3 is 2. The Morgan fingerprint density at radius 1 is 1.26 bits per heavy atom. The molecule has 1 aliphatic rings. The fourth-order valence-corrected chi connectivity index (χ4v) is 3.12. The van der Waals surface area contributed by atoms with Gasteiger partial charge in [-0.15, -0.1) is 0 Å². The van der Waals surface area contributed by atoms with Crippen LogP contribution < -0.4 is 4.90 Å². The van der Waals surface area contributed by atoms with E-state index >= 15 is 0 Å². The molecule has 0 bridgehead atoms. The van der Waals surface area contributed by atoms with Crippen LogP contribution in [0.4, 0.5) is 5.69 Å². The third kappa shape index (κ3) is 2.66. The molecule has 0 saturated heterocycles. The van der Waals surface area contributed by atoms with Gasteiger partial charge in [0.15, 0.2) is 0 Å². The van der Waals surface area contributed by atoms with Gasteiger partial charge < -0.3 is 19.1 Å². The van der Waals surface area contributed by atoms with Crippen LogP contribution in [0.15, 0.2) is 34.8 Å². The summed E-state index contributed by atoms with van der Waals surface area (Å²) in [7, 11) is 2.53. The Hall–Kier alpha value is -2.45. The molecule has 8 heteroatoms. The highest BCUT2D eigenvalue weighted by Crippen LogP contribution is 2.33. The molecule has 0 unspecified atom stereocenters. The zero-order valence-corrected chi connectivity index (χ0v) is 13.4. The maximum atomic E-state index is 12.3. The summed E-state index contributed by atoms with van der Waals surface area (Å²) in [5.74, 6) is -1.24. The van der Waals surface area contributed by atoms with Crippen LogP contribution in [-0.2, 0) is 23.8 Å². The van der Waals surface area contributed by atoms with Crippen molar-refractivity contribution in [1.29, 1.82) is 0 Å². The molecule has 0 spiro atoms. The van der Waals surface area contributed by atoms with Gasteiger partial charge in [0.1, 0.15) is 12.4 Å². The molecule has 7 nitrogen and oxygen atoms in total. The summed E-state index contributed by atoms with van der Waals surface area (Å²) in [5, 5.41) is 2.75. The number of carbonyl (C=O) groups excluding carboxylic acids is 2. The number of hydrogen-bond acceptors (Lipinski definition) is 8. The van der Waals surface area contributed by atoms with E-state index in [1.807, 2.05) is 23.6 Å². The van der Waals surface area contributed by atoms with Crippen molar-refractivity contribution in [3.63, 3.8) is 0 Å². The van der Waals surface area contributed by atoms with Crippen LogP contribution in [0.2, 0.25) is 0 Å². The molecule has 0 radical (unpaired) electrons. The van der Waals surface area contributed by atoms with E-state index in [0.717, 1.165) is 16.6 Å². The second-order valence-electron chi connectivity index (χ2n) is 4.74. The first-order valence-corrected chi connectivity index (χ1v) is 7.59. The van der Waals surface area contributed by atoms with Crippen LogP contribution >= 0.6 is 11.5 Å². The SMILES string of the molecule is COC(=O)C1=C(C(=O)OC)N(c2cccc3nscc23)COC1. The molecule has 120 valence electrons. The lowest BCUT2D eigenvalue weighted by molar-refractivity contribution is -0.140. The number of benzene rings is 1. The zero-order chi connectivity index (χ0) is 16.4. The van der Waals surface area contributed by atoms with E-state index in [1.165, 1.54) is 25.8 Å². The topological polar surface area (TPSA) is 78.0 Å². The van der Waals surface area contributed by atoms with E-state index in [1.54, 1.807) is 4.90 Å². The summed E-state index contributed by atoms with van der Waals surface area (Å²) in [5.41, 5.74) is 1.79. The van der Waals surface area contributed by atoms with E-state index < -0.39 is 11.9 Å². The minimum Gasteiger partial charge on any atom is -0.466 e. The molecule has 3 rings (SSSR count). The van der Waals surface area contributed by atoms with Crippen molar-refractivity contribution in [3.8, 4) is 0 Å². The molecule has 0 fully saturated rings. The number of hydrogen-bond donors (Lipinski definition) is 0. The molecule has 0 amide bonds. The smallest absolute Gasteiger partial charge is 0.355 e. The Labute approximate surface area is 136 Å². The summed E-state index contributed by atoms with van der Waals surface area (Å²) >= 11 is 1.32. The predicted molar refractivity (Wildman–Crippen MR) is 84.0 cm³/mol. The van der Waals surface area contributed by atoms with Crippen LogP contribution in [0.1, 0.15) is 0 Å². The Bertz CT molecular complexity index is 798. The second-order valence-corrected chi connectivity index (χ2v) is 5.37. The second kappa shape index (κ2) is 6.35. The third-order valence-electron chi connectivity index (χ3n) is 3.51. The maximum Gasteiger partial charge on any atom is 0.355 e. The van der Waals surface area contributed by atoms with Gasteiger partial charge in [0, 0.05) is 10.8 Å². The molecule has 23 heavy (non-hydrogen) atoms. The number of ether oxygens (including phenoxy) is 3. The molecule has 2 heterocycles. The van der Waals surface area contributed by atoms with E-state index in [9.17, 15) is 9.59 Å². The minimum atomic E-state index is -0.620. The lowest BCUT2D eigenvalue weighted by Gasteiger charge is -2.31. The number of carbonyl (C=O) groups is 2. The van der Waals surface area contributed by atoms with Crippen LogP contribution in [0.5, 0.6) is 0 Å². The van der Waals surface area contributed by atoms with Crippen molar-refractivity contribution < 1.29 is 23.8 Å². The van der Waals surface area contributed by atoms with Crippen LogP contribution in [0.25, 0.3) is 10.9 Å². The molecule has 0 atom stereocenters. The quantitative estimate of drug-likeness (QED) is 0.790. The van der Waals surface area contributed by atoms with E-state index in [4.69, 9.17) is 14.2 Å². The first-order chi connectivity index (χ1) is 11.2. The molecule has 1 aromatic carbocycles. The summed E-state index contributed by atoms with van der Waals surface area (Å²) in [6.45, 7) is 0.116. The standard InChI is InChI=1S/C15H14N2O5S/c1-20-14(18)9-6-22-8-17(13(9)15(19)21-2)12-5-3-4-11-10(12)7-23-16-11/h3-5,7H,6,8H2,1-2H3. The number of nitrogens with zero attached hydrogens (tertiary/aromatic N) is 2. The van der Waals surface area contributed by atoms with E-state index in [2.05, 4.69) is 4.37 Å². The largest absolute Gasteiger partial charge is 0.466 e. The molecule has 1 aromatic heterocycles. The van der Waals surface area contributed by atoms with Crippen LogP contribution in [0.3, 0.4) is 0 Å².